The second-order valence-corrected chi connectivity index (χ2v) is 6.22. The number of nitrogens with one attached hydrogen (secondary N) is 3. The molecule has 8 heteroatoms. The largest absolute Gasteiger partial charge is 0.360 e. The number of hydrogen-bond donors (Lipinski definition) is 3. The number of hydrazine groups is 1. The minimum atomic E-state index is -0.405. The van der Waals surface area contributed by atoms with Gasteiger partial charge in [-0.05, 0) is 37.3 Å². The van der Waals surface area contributed by atoms with Gasteiger partial charge in [-0.25, -0.2) is 0 Å². The molecule has 0 saturated heterocycles. The van der Waals surface area contributed by atoms with Crippen molar-refractivity contribution in [2.75, 3.05) is 5.32 Å². The van der Waals surface area contributed by atoms with E-state index in [2.05, 4.69) is 21.3 Å². The van der Waals surface area contributed by atoms with Gasteiger partial charge in [0, 0.05) is 16.3 Å². The maximum absolute atomic E-state index is 12.5. The second-order valence-electron chi connectivity index (χ2n) is 5.37. The normalized spacial score (nSPS) is 10.2. The van der Waals surface area contributed by atoms with Crippen molar-refractivity contribution < 1.29 is 9.32 Å². The number of halogens is 1. The molecule has 0 unspecified atom stereocenters. The summed E-state index contributed by atoms with van der Waals surface area (Å²) in [6.07, 6.45) is 0. The van der Waals surface area contributed by atoms with Crippen LogP contribution in [0, 0.1) is 6.92 Å². The average molecular weight is 387 g/mol. The zero-order valence-electron chi connectivity index (χ0n) is 13.7. The van der Waals surface area contributed by atoms with Crippen LogP contribution in [0.15, 0.2) is 59.1 Å². The minimum absolute atomic E-state index is 0.219. The molecule has 26 heavy (non-hydrogen) atoms. The van der Waals surface area contributed by atoms with Crippen molar-refractivity contribution in [3.05, 3.63) is 70.9 Å². The van der Waals surface area contributed by atoms with Gasteiger partial charge in [0.1, 0.15) is 17.0 Å². The van der Waals surface area contributed by atoms with E-state index in [-0.39, 0.29) is 5.11 Å². The van der Waals surface area contributed by atoms with Crippen LogP contribution in [0.3, 0.4) is 0 Å². The molecule has 0 atom stereocenters. The summed E-state index contributed by atoms with van der Waals surface area (Å²) in [6.45, 7) is 1.68. The Bertz CT molecular complexity index is 943. The van der Waals surface area contributed by atoms with Crippen LogP contribution in [0.2, 0.25) is 5.02 Å². The number of benzene rings is 2. The molecule has 1 heterocycles. The summed E-state index contributed by atoms with van der Waals surface area (Å²) in [5.74, 6) is 0.00900. The van der Waals surface area contributed by atoms with Gasteiger partial charge in [-0.1, -0.05) is 53.2 Å². The van der Waals surface area contributed by atoms with Gasteiger partial charge in [0.25, 0.3) is 5.91 Å². The average Bonchev–Trinajstić information content (AvgIpc) is 3.02. The van der Waals surface area contributed by atoms with Crippen LogP contribution < -0.4 is 16.2 Å². The highest BCUT2D eigenvalue weighted by atomic mass is 35.5. The predicted molar refractivity (Wildman–Crippen MR) is 105 cm³/mol. The number of amides is 1. The van der Waals surface area contributed by atoms with Crippen molar-refractivity contribution in [2.24, 2.45) is 0 Å². The highest BCUT2D eigenvalue weighted by Crippen LogP contribution is 2.24. The molecule has 0 aliphatic heterocycles. The lowest BCUT2D eigenvalue weighted by atomic mass is 10.1. The van der Waals surface area contributed by atoms with Crippen LogP contribution in [-0.4, -0.2) is 16.2 Å². The monoisotopic (exact) mass is 386 g/mol. The lowest BCUT2D eigenvalue weighted by Crippen LogP contribution is -2.44. The molecule has 3 N–H and O–H groups in total. The molecular weight excluding hydrogens is 372 g/mol. The second kappa shape index (κ2) is 7.99. The third-order valence-electron chi connectivity index (χ3n) is 3.51. The fourth-order valence-corrected chi connectivity index (χ4v) is 2.70. The number of thiocarbonyl (C=S) groups is 1. The third-order valence-corrected chi connectivity index (χ3v) is 3.95. The van der Waals surface area contributed by atoms with E-state index in [1.165, 1.54) is 0 Å². The lowest BCUT2D eigenvalue weighted by Gasteiger charge is -2.12. The number of hydrogen-bond acceptors (Lipinski definition) is 4. The first kappa shape index (κ1) is 17.9. The minimum Gasteiger partial charge on any atom is -0.360 e. The fourth-order valence-electron chi connectivity index (χ4n) is 2.34. The topological polar surface area (TPSA) is 79.2 Å². The molecule has 1 aromatic heterocycles. The first-order valence-corrected chi connectivity index (χ1v) is 8.48. The molecule has 0 fully saturated rings. The van der Waals surface area contributed by atoms with Crippen molar-refractivity contribution in [3.63, 3.8) is 0 Å². The van der Waals surface area contributed by atoms with E-state index in [0.29, 0.717) is 27.7 Å². The molecule has 0 aliphatic rings. The Morgan fingerprint density at radius 1 is 1.12 bits per heavy atom. The summed E-state index contributed by atoms with van der Waals surface area (Å²) in [4.78, 5) is 12.5. The van der Waals surface area contributed by atoms with Crippen LogP contribution in [0.25, 0.3) is 11.3 Å². The number of aromatic nitrogens is 1. The first-order chi connectivity index (χ1) is 12.5. The highest BCUT2D eigenvalue weighted by Gasteiger charge is 2.21. The number of carbonyl (C=O) groups is 1. The van der Waals surface area contributed by atoms with E-state index in [1.54, 1.807) is 31.2 Å². The first-order valence-electron chi connectivity index (χ1n) is 7.69. The SMILES string of the molecule is Cc1onc(-c2ccccc2)c1C(=O)NNC(=S)Nc1cccc(Cl)c1. The van der Waals surface area contributed by atoms with Gasteiger partial charge in [0.05, 0.1) is 0 Å². The summed E-state index contributed by atoms with van der Waals surface area (Å²) < 4.78 is 5.19. The van der Waals surface area contributed by atoms with Crippen LogP contribution in [0.4, 0.5) is 5.69 Å². The molecule has 0 radical (unpaired) electrons. The number of carbonyl (C=O) groups excluding carboxylic acids is 1. The van der Waals surface area contributed by atoms with E-state index in [9.17, 15) is 4.79 Å². The predicted octanol–water partition coefficient (Wildman–Crippen LogP) is 3.93. The molecule has 1 amide bonds. The molecule has 0 aliphatic carbocycles. The fraction of sp³-hybridized carbons (Fsp3) is 0.0556. The Labute approximate surface area is 160 Å². The Kier molecular flexibility index (Phi) is 5.50. The highest BCUT2D eigenvalue weighted by molar-refractivity contribution is 7.80. The Hall–Kier alpha value is -2.90. The van der Waals surface area contributed by atoms with Gasteiger partial charge in [0.15, 0.2) is 5.11 Å². The van der Waals surface area contributed by atoms with E-state index in [0.717, 1.165) is 5.56 Å². The maximum Gasteiger partial charge on any atom is 0.275 e. The van der Waals surface area contributed by atoms with Crippen LogP contribution in [0.1, 0.15) is 16.1 Å². The van der Waals surface area contributed by atoms with E-state index < -0.39 is 5.91 Å². The molecule has 6 nitrogen and oxygen atoms in total. The summed E-state index contributed by atoms with van der Waals surface area (Å²) in [6, 6.07) is 16.4. The van der Waals surface area contributed by atoms with Gasteiger partial charge < -0.3 is 9.84 Å². The molecule has 3 rings (SSSR count). The maximum atomic E-state index is 12.5. The zero-order valence-corrected chi connectivity index (χ0v) is 15.3. The smallest absolute Gasteiger partial charge is 0.275 e. The van der Waals surface area contributed by atoms with Crippen LogP contribution in [-0.2, 0) is 0 Å². The number of nitrogens with zero attached hydrogens (tertiary/aromatic N) is 1. The van der Waals surface area contributed by atoms with E-state index in [4.69, 9.17) is 28.3 Å². The Morgan fingerprint density at radius 2 is 1.88 bits per heavy atom. The number of aryl methyl sites for hydroxylation is 1. The van der Waals surface area contributed by atoms with Crippen molar-refractivity contribution in [3.8, 4) is 11.3 Å². The summed E-state index contributed by atoms with van der Waals surface area (Å²) in [5, 5.41) is 7.71. The quantitative estimate of drug-likeness (QED) is 0.467. The molecule has 0 saturated carbocycles. The van der Waals surface area contributed by atoms with Gasteiger partial charge in [0.2, 0.25) is 0 Å². The summed E-state index contributed by atoms with van der Waals surface area (Å²) in [5.41, 5.74) is 7.50. The van der Waals surface area contributed by atoms with Crippen molar-refractivity contribution in [1.29, 1.82) is 0 Å². The molecule has 132 valence electrons. The van der Waals surface area contributed by atoms with Crippen molar-refractivity contribution in [2.45, 2.75) is 6.92 Å². The van der Waals surface area contributed by atoms with Crippen LogP contribution >= 0.6 is 23.8 Å². The lowest BCUT2D eigenvalue weighted by molar-refractivity contribution is 0.0943. The molecule has 0 spiro atoms. The van der Waals surface area contributed by atoms with E-state index >= 15 is 0 Å². The van der Waals surface area contributed by atoms with Gasteiger partial charge in [-0.3, -0.25) is 15.6 Å². The molecule has 2 aromatic carbocycles. The van der Waals surface area contributed by atoms with Gasteiger partial charge in [-0.15, -0.1) is 0 Å². The third kappa shape index (κ3) is 4.19. The summed E-state index contributed by atoms with van der Waals surface area (Å²) in [7, 11) is 0. The van der Waals surface area contributed by atoms with Gasteiger partial charge >= 0.3 is 0 Å². The zero-order chi connectivity index (χ0) is 18.5. The molecular formula is C18H15ClN4O2S. The Morgan fingerprint density at radius 3 is 2.62 bits per heavy atom. The van der Waals surface area contributed by atoms with Gasteiger partial charge in [-0.2, -0.15) is 0 Å². The number of anilines is 1. The number of rotatable bonds is 3. The molecule has 3 aromatic rings. The summed E-state index contributed by atoms with van der Waals surface area (Å²) >= 11 is 11.1. The Balaban J connectivity index is 1.67. The van der Waals surface area contributed by atoms with E-state index in [1.807, 2.05) is 30.3 Å². The molecule has 0 bridgehead atoms. The standard InChI is InChI=1S/C18H15ClN4O2S/c1-11-15(16(23-25-11)12-6-3-2-4-7-12)17(24)21-22-18(26)20-14-9-5-8-13(19)10-14/h2-10H,1H3,(H,21,24)(H2,20,22,26). The van der Waals surface area contributed by atoms with Crippen LogP contribution in [0.5, 0.6) is 0 Å². The van der Waals surface area contributed by atoms with Crippen molar-refractivity contribution >= 4 is 40.5 Å². The van der Waals surface area contributed by atoms with Crippen molar-refractivity contribution in [1.82, 2.24) is 16.0 Å².